The number of hydrogen-bond acceptors (Lipinski definition) is 5. The predicted molar refractivity (Wildman–Crippen MR) is 133 cm³/mol. The van der Waals surface area contributed by atoms with Gasteiger partial charge in [-0.2, -0.15) is 0 Å². The number of aromatic nitrogens is 2. The highest BCUT2D eigenvalue weighted by molar-refractivity contribution is 7.19. The first-order chi connectivity index (χ1) is 15.7. The van der Waals surface area contributed by atoms with E-state index < -0.39 is 6.04 Å². The number of nitrogens with one attached hydrogen (secondary N) is 1. The van der Waals surface area contributed by atoms with Crippen molar-refractivity contribution in [2.75, 3.05) is 5.32 Å². The summed E-state index contributed by atoms with van der Waals surface area (Å²) >= 11 is 1.48. The molecule has 2 heterocycles. The van der Waals surface area contributed by atoms with E-state index in [1.54, 1.807) is 31.2 Å². The van der Waals surface area contributed by atoms with Gasteiger partial charge in [0.05, 0.1) is 11.7 Å². The zero-order chi connectivity index (χ0) is 23.9. The van der Waals surface area contributed by atoms with Gasteiger partial charge in [-0.05, 0) is 63.4 Å². The van der Waals surface area contributed by atoms with E-state index in [-0.39, 0.29) is 17.2 Å². The molecule has 4 aromatic rings. The van der Waals surface area contributed by atoms with Crippen LogP contribution in [0.2, 0.25) is 0 Å². The van der Waals surface area contributed by atoms with Crippen LogP contribution in [0.3, 0.4) is 0 Å². The Bertz CT molecular complexity index is 1470. The average Bonchev–Trinajstić information content (AvgIpc) is 3.12. The Balaban J connectivity index is 1.74. The molecule has 0 saturated carbocycles. The van der Waals surface area contributed by atoms with Crippen LogP contribution in [0.15, 0.2) is 53.6 Å². The molecule has 0 radical (unpaired) electrons. The molecule has 0 aliphatic carbocycles. The van der Waals surface area contributed by atoms with Gasteiger partial charge in [0.1, 0.15) is 10.9 Å². The maximum Gasteiger partial charge on any atom is 0.263 e. The minimum atomic E-state index is -0.789. The highest BCUT2D eigenvalue weighted by Gasteiger charge is 2.22. The van der Waals surface area contributed by atoms with E-state index in [9.17, 15) is 14.4 Å². The van der Waals surface area contributed by atoms with E-state index in [0.717, 1.165) is 21.6 Å². The molecule has 1 unspecified atom stereocenters. The van der Waals surface area contributed by atoms with Gasteiger partial charge in [0.2, 0.25) is 5.91 Å². The minimum Gasteiger partial charge on any atom is -0.324 e. The molecule has 1 N–H and O–H groups in total. The summed E-state index contributed by atoms with van der Waals surface area (Å²) < 4.78 is 1.36. The number of nitrogens with zero attached hydrogens (tertiary/aromatic N) is 2. The van der Waals surface area contributed by atoms with Crippen LogP contribution in [0.25, 0.3) is 21.3 Å². The van der Waals surface area contributed by atoms with Gasteiger partial charge < -0.3 is 5.32 Å². The van der Waals surface area contributed by atoms with Gasteiger partial charge in [-0.3, -0.25) is 19.0 Å². The predicted octanol–water partition coefficient (Wildman–Crippen LogP) is 5.45. The van der Waals surface area contributed by atoms with Crippen molar-refractivity contribution in [2.45, 2.75) is 40.7 Å². The van der Waals surface area contributed by atoms with Crippen LogP contribution in [0.4, 0.5) is 5.69 Å². The third kappa shape index (κ3) is 4.24. The van der Waals surface area contributed by atoms with Gasteiger partial charge in [0.25, 0.3) is 5.56 Å². The lowest BCUT2D eigenvalue weighted by Crippen LogP contribution is -2.31. The van der Waals surface area contributed by atoms with Crippen LogP contribution >= 0.6 is 11.3 Å². The Hall–Kier alpha value is -3.58. The first kappa shape index (κ1) is 22.6. The maximum atomic E-state index is 13.5. The molecule has 0 fully saturated rings. The second kappa shape index (κ2) is 8.75. The summed E-state index contributed by atoms with van der Waals surface area (Å²) in [5, 5.41) is 3.33. The minimum absolute atomic E-state index is 0.0864. The molecule has 4 rings (SSSR count). The van der Waals surface area contributed by atoms with Crippen molar-refractivity contribution in [1.82, 2.24) is 9.55 Å². The van der Waals surface area contributed by atoms with E-state index in [0.29, 0.717) is 21.5 Å². The second-order valence-corrected chi connectivity index (χ2v) is 9.47. The summed E-state index contributed by atoms with van der Waals surface area (Å²) in [5.74, 6) is -0.449. The molecule has 0 bridgehead atoms. The van der Waals surface area contributed by atoms with Crippen molar-refractivity contribution >= 4 is 38.9 Å². The number of amides is 1. The fourth-order valence-corrected chi connectivity index (χ4v) is 4.83. The lowest BCUT2D eigenvalue weighted by atomic mass is 9.99. The molecule has 168 valence electrons. The molecular formula is C26H25N3O3S. The number of benzene rings is 2. The van der Waals surface area contributed by atoms with E-state index in [1.165, 1.54) is 34.7 Å². The first-order valence-electron chi connectivity index (χ1n) is 10.7. The lowest BCUT2D eigenvalue weighted by Gasteiger charge is -2.15. The maximum absolute atomic E-state index is 13.5. The number of carbonyl (C=O) groups is 2. The summed E-state index contributed by atoms with van der Waals surface area (Å²) in [6, 6.07) is 12.1. The molecule has 0 aliphatic heterocycles. The van der Waals surface area contributed by atoms with Gasteiger partial charge in [0.15, 0.2) is 5.78 Å². The molecule has 2 aromatic carbocycles. The van der Waals surface area contributed by atoms with Crippen molar-refractivity contribution < 1.29 is 9.59 Å². The number of ketones is 1. The zero-order valence-corrected chi connectivity index (χ0v) is 20.0. The normalized spacial score (nSPS) is 12.0. The molecule has 0 aliphatic rings. The van der Waals surface area contributed by atoms with Crippen molar-refractivity contribution in [3.05, 3.63) is 80.7 Å². The van der Waals surface area contributed by atoms with E-state index >= 15 is 0 Å². The van der Waals surface area contributed by atoms with E-state index in [4.69, 9.17) is 0 Å². The molecule has 6 nitrogen and oxygen atoms in total. The standard InChI is InChI=1S/C26H25N3O3S/c1-14-9-10-20(11-15(14)2)22-18(5)33-25-23(22)26(32)29(13-27-25)16(3)24(31)28-21-8-6-7-19(12-21)17(4)30/h6-13,16H,1-5H3,(H,28,31). The molecule has 1 amide bonds. The molecule has 7 heteroatoms. The van der Waals surface area contributed by atoms with Crippen molar-refractivity contribution in [1.29, 1.82) is 0 Å². The van der Waals surface area contributed by atoms with Gasteiger partial charge in [0, 0.05) is 21.7 Å². The molecule has 0 spiro atoms. The fourth-order valence-electron chi connectivity index (χ4n) is 3.82. The van der Waals surface area contributed by atoms with Crippen LogP contribution in [-0.4, -0.2) is 21.2 Å². The van der Waals surface area contributed by atoms with Crippen LogP contribution < -0.4 is 10.9 Å². The number of rotatable bonds is 5. The number of hydrogen-bond donors (Lipinski definition) is 1. The van der Waals surface area contributed by atoms with Gasteiger partial charge >= 0.3 is 0 Å². The van der Waals surface area contributed by atoms with Crippen LogP contribution in [0.5, 0.6) is 0 Å². The highest BCUT2D eigenvalue weighted by atomic mass is 32.1. The van der Waals surface area contributed by atoms with Crippen LogP contribution in [0.1, 0.15) is 46.3 Å². The molecule has 0 saturated heterocycles. The van der Waals surface area contributed by atoms with E-state index in [2.05, 4.69) is 23.3 Å². The number of fused-ring (bicyclic) bond motifs is 1. The Kier molecular flexibility index (Phi) is 5.99. The number of carbonyl (C=O) groups excluding carboxylic acids is 2. The third-order valence-electron chi connectivity index (χ3n) is 5.94. The molecule has 33 heavy (non-hydrogen) atoms. The second-order valence-electron chi connectivity index (χ2n) is 8.27. The van der Waals surface area contributed by atoms with Gasteiger partial charge in [-0.1, -0.05) is 30.3 Å². The number of Topliss-reactive ketones (excluding diaryl/α,β-unsaturated/α-hetero) is 1. The monoisotopic (exact) mass is 459 g/mol. The number of thiophene rings is 1. The Morgan fingerprint density at radius 2 is 1.82 bits per heavy atom. The summed E-state index contributed by atoms with van der Waals surface area (Å²) in [6.07, 6.45) is 1.43. The fraction of sp³-hybridized carbons (Fsp3) is 0.231. The third-order valence-corrected chi connectivity index (χ3v) is 6.96. The Morgan fingerprint density at radius 3 is 2.52 bits per heavy atom. The van der Waals surface area contributed by atoms with Crippen molar-refractivity contribution in [3.63, 3.8) is 0 Å². The SMILES string of the molecule is CC(=O)c1cccc(NC(=O)C(C)n2cnc3sc(C)c(-c4ccc(C)c(C)c4)c3c2=O)c1. The van der Waals surface area contributed by atoms with Crippen LogP contribution in [-0.2, 0) is 4.79 Å². The average molecular weight is 460 g/mol. The quantitative estimate of drug-likeness (QED) is 0.402. The van der Waals surface area contributed by atoms with Crippen molar-refractivity contribution in [2.24, 2.45) is 0 Å². The molecule has 2 aromatic heterocycles. The van der Waals surface area contributed by atoms with Crippen molar-refractivity contribution in [3.8, 4) is 11.1 Å². The van der Waals surface area contributed by atoms with Crippen LogP contribution in [0, 0.1) is 20.8 Å². The largest absolute Gasteiger partial charge is 0.324 e. The Labute approximate surface area is 195 Å². The number of anilines is 1. The summed E-state index contributed by atoms with van der Waals surface area (Å²) in [7, 11) is 0. The smallest absolute Gasteiger partial charge is 0.263 e. The molecule has 1 atom stereocenters. The lowest BCUT2D eigenvalue weighted by molar-refractivity contribution is -0.118. The molecular weight excluding hydrogens is 434 g/mol. The summed E-state index contributed by atoms with van der Waals surface area (Å²) in [6.45, 7) is 9.22. The summed E-state index contributed by atoms with van der Waals surface area (Å²) in [4.78, 5) is 44.3. The highest BCUT2D eigenvalue weighted by Crippen LogP contribution is 2.36. The first-order valence-corrected chi connectivity index (χ1v) is 11.5. The van der Waals surface area contributed by atoms with Gasteiger partial charge in [-0.15, -0.1) is 11.3 Å². The van der Waals surface area contributed by atoms with E-state index in [1.807, 2.05) is 26.0 Å². The summed E-state index contributed by atoms with van der Waals surface area (Å²) in [5.41, 5.74) is 4.93. The topological polar surface area (TPSA) is 81.1 Å². The number of aryl methyl sites for hydroxylation is 3. The van der Waals surface area contributed by atoms with Gasteiger partial charge in [-0.25, -0.2) is 4.98 Å². The Morgan fingerprint density at radius 1 is 1.06 bits per heavy atom. The zero-order valence-electron chi connectivity index (χ0n) is 19.2.